The standard InChI is InChI=1S/C35H43N3O3/c1-21(2)38(22(3)4)26-14-17-28(33(20-26)41-23(5)6)35-34-31(36-29-10-8-9-11-30(29)37-35)18-25(19-32(34)39)24-12-15-27(40-7)16-13-24/h8-17,20-23,25,35-37H,18-19H2,1-7H3. The number of allylic oxidation sites excluding steroid dienone is 1. The highest BCUT2D eigenvalue weighted by molar-refractivity contribution is 6.01. The average Bonchev–Trinajstić information content (AvgIpc) is 3.09. The van der Waals surface area contributed by atoms with E-state index in [1.165, 1.54) is 0 Å². The molecule has 41 heavy (non-hydrogen) atoms. The van der Waals surface area contributed by atoms with E-state index < -0.39 is 0 Å². The van der Waals surface area contributed by atoms with E-state index >= 15 is 0 Å². The van der Waals surface area contributed by atoms with Crippen molar-refractivity contribution < 1.29 is 14.3 Å². The predicted octanol–water partition coefficient (Wildman–Crippen LogP) is 8.09. The number of benzene rings is 3. The van der Waals surface area contributed by atoms with Crippen LogP contribution >= 0.6 is 0 Å². The Hall–Kier alpha value is -3.93. The zero-order valence-electron chi connectivity index (χ0n) is 25.3. The average molecular weight is 554 g/mol. The summed E-state index contributed by atoms with van der Waals surface area (Å²) in [5.41, 5.74) is 6.92. The molecule has 0 fully saturated rings. The molecule has 2 unspecified atom stereocenters. The minimum absolute atomic E-state index is 0.0123. The van der Waals surface area contributed by atoms with E-state index in [4.69, 9.17) is 9.47 Å². The second-order valence-electron chi connectivity index (χ2n) is 11.9. The van der Waals surface area contributed by atoms with Crippen molar-refractivity contribution in [2.45, 2.75) is 84.5 Å². The number of carbonyl (C=O) groups is 1. The van der Waals surface area contributed by atoms with Crippen LogP contribution in [0.5, 0.6) is 11.5 Å². The molecule has 0 radical (unpaired) electrons. The minimum Gasteiger partial charge on any atom is -0.497 e. The lowest BCUT2D eigenvalue weighted by Crippen LogP contribution is -2.37. The first kappa shape index (κ1) is 28.6. The normalized spacial score (nSPS) is 18.4. The molecule has 216 valence electrons. The lowest BCUT2D eigenvalue weighted by Gasteiger charge is -2.35. The molecule has 0 spiro atoms. The molecule has 0 saturated heterocycles. The first-order chi connectivity index (χ1) is 19.7. The van der Waals surface area contributed by atoms with Crippen LogP contribution in [-0.2, 0) is 4.79 Å². The zero-order chi connectivity index (χ0) is 29.3. The molecule has 0 saturated carbocycles. The van der Waals surface area contributed by atoms with E-state index in [2.05, 4.69) is 85.7 Å². The van der Waals surface area contributed by atoms with Crippen molar-refractivity contribution in [2.24, 2.45) is 0 Å². The van der Waals surface area contributed by atoms with Gasteiger partial charge in [-0.2, -0.15) is 0 Å². The van der Waals surface area contributed by atoms with Gasteiger partial charge in [-0.25, -0.2) is 0 Å². The van der Waals surface area contributed by atoms with Gasteiger partial charge in [0.15, 0.2) is 5.78 Å². The van der Waals surface area contributed by atoms with Gasteiger partial charge in [0.25, 0.3) is 0 Å². The third kappa shape index (κ3) is 5.92. The van der Waals surface area contributed by atoms with Gasteiger partial charge in [-0.15, -0.1) is 0 Å². The minimum atomic E-state index is -0.347. The van der Waals surface area contributed by atoms with Crippen LogP contribution in [0.2, 0.25) is 0 Å². The quantitative estimate of drug-likeness (QED) is 0.294. The van der Waals surface area contributed by atoms with Crippen molar-refractivity contribution >= 4 is 22.8 Å². The summed E-state index contributed by atoms with van der Waals surface area (Å²) < 4.78 is 11.8. The number of carbonyl (C=O) groups excluding carboxylic acids is 1. The van der Waals surface area contributed by atoms with Gasteiger partial charge in [0.2, 0.25) is 0 Å². The molecule has 2 N–H and O–H groups in total. The van der Waals surface area contributed by atoms with E-state index in [0.717, 1.165) is 57.4 Å². The highest BCUT2D eigenvalue weighted by Crippen LogP contribution is 2.46. The van der Waals surface area contributed by atoms with Crippen molar-refractivity contribution in [1.82, 2.24) is 0 Å². The van der Waals surface area contributed by atoms with Gasteiger partial charge < -0.3 is 25.0 Å². The van der Waals surface area contributed by atoms with Crippen LogP contribution in [0.3, 0.4) is 0 Å². The molecule has 6 nitrogen and oxygen atoms in total. The van der Waals surface area contributed by atoms with E-state index in [-0.39, 0.29) is 23.8 Å². The smallest absolute Gasteiger partial charge is 0.163 e. The summed E-state index contributed by atoms with van der Waals surface area (Å²) >= 11 is 0. The number of hydrogen-bond donors (Lipinski definition) is 2. The molecule has 1 aliphatic heterocycles. The van der Waals surface area contributed by atoms with Crippen molar-refractivity contribution in [1.29, 1.82) is 0 Å². The van der Waals surface area contributed by atoms with Crippen LogP contribution in [-0.4, -0.2) is 31.1 Å². The number of methoxy groups -OCH3 is 1. The zero-order valence-corrected chi connectivity index (χ0v) is 25.3. The van der Waals surface area contributed by atoms with E-state index in [9.17, 15) is 4.79 Å². The highest BCUT2D eigenvalue weighted by Gasteiger charge is 2.37. The van der Waals surface area contributed by atoms with Gasteiger partial charge in [-0.3, -0.25) is 4.79 Å². The van der Waals surface area contributed by atoms with Gasteiger partial charge in [0.1, 0.15) is 11.5 Å². The maximum atomic E-state index is 14.1. The fourth-order valence-corrected chi connectivity index (χ4v) is 6.31. The van der Waals surface area contributed by atoms with Gasteiger partial charge in [-0.05, 0) is 89.8 Å². The summed E-state index contributed by atoms with van der Waals surface area (Å²) in [6.45, 7) is 12.9. The maximum Gasteiger partial charge on any atom is 0.163 e. The lowest BCUT2D eigenvalue weighted by atomic mass is 9.78. The van der Waals surface area contributed by atoms with Gasteiger partial charge in [0.05, 0.1) is 30.6 Å². The first-order valence-electron chi connectivity index (χ1n) is 14.8. The summed E-state index contributed by atoms with van der Waals surface area (Å²) in [7, 11) is 1.67. The number of rotatable bonds is 8. The number of ether oxygens (including phenoxy) is 2. The van der Waals surface area contributed by atoms with Crippen LogP contribution in [0.15, 0.2) is 78.0 Å². The van der Waals surface area contributed by atoms with Crippen LogP contribution < -0.4 is 25.0 Å². The van der Waals surface area contributed by atoms with Crippen LogP contribution in [0.25, 0.3) is 0 Å². The fraction of sp³-hybridized carbons (Fsp3) is 0.400. The van der Waals surface area contributed by atoms with Gasteiger partial charge in [-0.1, -0.05) is 30.3 Å². The highest BCUT2D eigenvalue weighted by atomic mass is 16.5. The molecule has 1 aliphatic carbocycles. The lowest BCUT2D eigenvalue weighted by molar-refractivity contribution is -0.116. The molecule has 2 atom stereocenters. The largest absolute Gasteiger partial charge is 0.497 e. The second-order valence-corrected chi connectivity index (χ2v) is 11.9. The van der Waals surface area contributed by atoms with E-state index in [0.29, 0.717) is 18.5 Å². The van der Waals surface area contributed by atoms with Crippen molar-refractivity contribution in [3.05, 3.63) is 89.1 Å². The number of ketones is 1. The fourth-order valence-electron chi connectivity index (χ4n) is 6.31. The molecule has 0 aromatic heterocycles. The number of nitrogens with one attached hydrogen (secondary N) is 2. The Morgan fingerprint density at radius 3 is 2.17 bits per heavy atom. The first-order valence-corrected chi connectivity index (χ1v) is 14.8. The maximum absolute atomic E-state index is 14.1. The molecular formula is C35H43N3O3. The van der Waals surface area contributed by atoms with Crippen LogP contribution in [0.4, 0.5) is 17.1 Å². The molecule has 2 aliphatic rings. The topological polar surface area (TPSA) is 62.8 Å². The number of anilines is 3. The SMILES string of the molecule is COc1ccc(C2CC(=O)C3=C(C2)Nc2ccccc2NC3c2ccc(N(C(C)C)C(C)C)cc2OC(C)C)cc1. The second kappa shape index (κ2) is 11.9. The van der Waals surface area contributed by atoms with Gasteiger partial charge >= 0.3 is 0 Å². The predicted molar refractivity (Wildman–Crippen MR) is 168 cm³/mol. The summed E-state index contributed by atoms with van der Waals surface area (Å²) in [5.74, 6) is 1.86. The van der Waals surface area contributed by atoms with Crippen molar-refractivity contribution in [2.75, 3.05) is 22.6 Å². The Bertz CT molecular complexity index is 1420. The Morgan fingerprint density at radius 2 is 1.54 bits per heavy atom. The number of fused-ring (bicyclic) bond motifs is 1. The van der Waals surface area contributed by atoms with Gasteiger partial charge in [0, 0.05) is 47.1 Å². The van der Waals surface area contributed by atoms with E-state index in [1.807, 2.05) is 38.1 Å². The molecule has 3 aromatic carbocycles. The number of Topliss-reactive ketones (excluding diaryl/α,β-unsaturated/α-hetero) is 1. The Labute approximate surface area is 244 Å². The summed E-state index contributed by atoms with van der Waals surface area (Å²) in [4.78, 5) is 16.5. The third-order valence-electron chi connectivity index (χ3n) is 7.98. The monoisotopic (exact) mass is 553 g/mol. The number of para-hydroxylation sites is 2. The molecule has 3 aromatic rings. The van der Waals surface area contributed by atoms with E-state index in [1.54, 1.807) is 7.11 Å². The number of hydrogen-bond acceptors (Lipinski definition) is 6. The molecule has 0 bridgehead atoms. The summed E-state index contributed by atoms with van der Waals surface area (Å²) in [5, 5.41) is 7.39. The van der Waals surface area contributed by atoms with Crippen molar-refractivity contribution in [3.8, 4) is 11.5 Å². The molecule has 5 rings (SSSR count). The third-order valence-corrected chi connectivity index (χ3v) is 7.98. The Balaban J connectivity index is 1.62. The number of nitrogens with zero attached hydrogens (tertiary/aromatic N) is 1. The molecular weight excluding hydrogens is 510 g/mol. The van der Waals surface area contributed by atoms with Crippen LogP contribution in [0.1, 0.15) is 77.5 Å². The van der Waals surface area contributed by atoms with Crippen molar-refractivity contribution in [3.63, 3.8) is 0 Å². The molecule has 0 amide bonds. The molecule has 1 heterocycles. The Kier molecular flexibility index (Phi) is 8.30. The Morgan fingerprint density at radius 1 is 0.854 bits per heavy atom. The summed E-state index contributed by atoms with van der Waals surface area (Å²) in [6, 6.07) is 23.1. The van der Waals surface area contributed by atoms with Crippen LogP contribution in [0, 0.1) is 0 Å². The summed E-state index contributed by atoms with van der Waals surface area (Å²) in [6.07, 6.45) is 1.18. The molecule has 6 heteroatoms.